The van der Waals surface area contributed by atoms with E-state index in [0.717, 1.165) is 0 Å². The van der Waals surface area contributed by atoms with E-state index in [9.17, 15) is 4.79 Å². The van der Waals surface area contributed by atoms with Gasteiger partial charge in [-0.1, -0.05) is 23.2 Å². The molecule has 2 aromatic rings. The highest BCUT2D eigenvalue weighted by Crippen LogP contribution is 2.37. The van der Waals surface area contributed by atoms with Crippen molar-refractivity contribution in [1.29, 1.82) is 0 Å². The highest BCUT2D eigenvalue weighted by atomic mass is 79.9. The van der Waals surface area contributed by atoms with Crippen molar-refractivity contribution in [2.24, 2.45) is 0 Å². The molecule has 20 heavy (non-hydrogen) atoms. The molecule has 106 valence electrons. The maximum atomic E-state index is 10.8. The number of rotatable bonds is 4. The molecule has 0 amide bonds. The number of halogens is 3. The van der Waals surface area contributed by atoms with E-state index in [0.29, 0.717) is 26.0 Å². The van der Waals surface area contributed by atoms with Gasteiger partial charge in [0.1, 0.15) is 5.76 Å². The number of benzene rings is 1. The largest absolute Gasteiger partial charge is 0.475 e. The third kappa shape index (κ3) is 3.11. The Labute approximate surface area is 133 Å². The third-order valence-corrected chi connectivity index (χ3v) is 4.44. The van der Waals surface area contributed by atoms with Crippen molar-refractivity contribution in [1.82, 2.24) is 0 Å². The summed E-state index contributed by atoms with van der Waals surface area (Å²) in [6, 6.07) is 6.31. The van der Waals surface area contributed by atoms with Crippen molar-refractivity contribution in [3.05, 3.63) is 50.3 Å². The number of anilines is 1. The molecule has 1 heterocycles. The van der Waals surface area contributed by atoms with Crippen molar-refractivity contribution < 1.29 is 14.3 Å². The lowest BCUT2D eigenvalue weighted by atomic mass is 10.2. The predicted octanol–water partition coefficient (Wildman–Crippen LogP) is 5.22. The number of carbonyl (C=O) groups is 1. The predicted molar refractivity (Wildman–Crippen MR) is 81.9 cm³/mol. The lowest BCUT2D eigenvalue weighted by Crippen LogP contribution is -2.06. The van der Waals surface area contributed by atoms with Gasteiger partial charge in [0.15, 0.2) is 0 Å². The molecule has 1 unspecified atom stereocenters. The average Bonchev–Trinajstić information content (AvgIpc) is 2.89. The van der Waals surface area contributed by atoms with Crippen LogP contribution in [0.5, 0.6) is 0 Å². The van der Waals surface area contributed by atoms with Crippen molar-refractivity contribution >= 4 is 50.8 Å². The van der Waals surface area contributed by atoms with Crippen LogP contribution < -0.4 is 5.32 Å². The molecule has 0 aliphatic carbocycles. The van der Waals surface area contributed by atoms with Crippen LogP contribution in [0.4, 0.5) is 5.69 Å². The van der Waals surface area contributed by atoms with Crippen LogP contribution in [0.15, 0.2) is 33.2 Å². The monoisotopic (exact) mass is 377 g/mol. The summed E-state index contributed by atoms with van der Waals surface area (Å²) >= 11 is 15.5. The Morgan fingerprint density at radius 3 is 2.60 bits per heavy atom. The van der Waals surface area contributed by atoms with Crippen molar-refractivity contribution in [3.8, 4) is 0 Å². The van der Waals surface area contributed by atoms with E-state index in [-0.39, 0.29) is 11.8 Å². The second-order valence-corrected chi connectivity index (χ2v) is 5.71. The van der Waals surface area contributed by atoms with Gasteiger partial charge in [0.25, 0.3) is 0 Å². The van der Waals surface area contributed by atoms with E-state index in [1.807, 2.05) is 6.92 Å². The minimum absolute atomic E-state index is 0.103. The molecular formula is C13H10BrCl2NO3. The minimum Gasteiger partial charge on any atom is -0.475 e. The number of furan rings is 1. The number of hydrogen-bond acceptors (Lipinski definition) is 3. The maximum Gasteiger partial charge on any atom is 0.371 e. The second kappa shape index (κ2) is 6.08. The SMILES string of the molecule is CC(Nc1ccc(Br)c(Cl)c1Cl)c1ccc(C(=O)O)o1. The van der Waals surface area contributed by atoms with E-state index >= 15 is 0 Å². The lowest BCUT2D eigenvalue weighted by Gasteiger charge is -2.15. The number of aromatic carboxylic acids is 1. The van der Waals surface area contributed by atoms with Gasteiger partial charge in [-0.25, -0.2) is 4.79 Å². The quantitative estimate of drug-likeness (QED) is 0.716. The fourth-order valence-electron chi connectivity index (χ4n) is 1.64. The lowest BCUT2D eigenvalue weighted by molar-refractivity contribution is 0.0660. The van der Waals surface area contributed by atoms with Crippen LogP contribution in [0, 0.1) is 0 Å². The normalized spacial score (nSPS) is 12.2. The molecule has 0 fully saturated rings. The van der Waals surface area contributed by atoms with Gasteiger partial charge in [0.2, 0.25) is 5.76 Å². The van der Waals surface area contributed by atoms with Crippen LogP contribution in [0.3, 0.4) is 0 Å². The Kier molecular flexibility index (Phi) is 4.62. The fraction of sp³-hybridized carbons (Fsp3) is 0.154. The topological polar surface area (TPSA) is 62.5 Å². The van der Waals surface area contributed by atoms with E-state index in [1.165, 1.54) is 6.07 Å². The molecule has 1 aromatic carbocycles. The maximum absolute atomic E-state index is 10.8. The van der Waals surface area contributed by atoms with Gasteiger partial charge in [0.05, 0.1) is 21.8 Å². The van der Waals surface area contributed by atoms with Gasteiger partial charge in [-0.15, -0.1) is 0 Å². The first-order chi connectivity index (χ1) is 9.40. The zero-order valence-corrected chi connectivity index (χ0v) is 13.4. The summed E-state index contributed by atoms with van der Waals surface area (Å²) in [5.74, 6) is -0.709. The first kappa shape index (κ1) is 15.2. The summed E-state index contributed by atoms with van der Waals surface area (Å²) in [6.45, 7) is 1.83. The third-order valence-electron chi connectivity index (χ3n) is 2.67. The molecule has 0 spiro atoms. The summed E-state index contributed by atoms with van der Waals surface area (Å²) in [7, 11) is 0. The van der Waals surface area contributed by atoms with Crippen molar-refractivity contribution in [2.75, 3.05) is 5.32 Å². The zero-order chi connectivity index (χ0) is 14.9. The molecule has 7 heteroatoms. The Morgan fingerprint density at radius 2 is 2.00 bits per heavy atom. The van der Waals surface area contributed by atoms with Gasteiger partial charge in [0, 0.05) is 4.47 Å². The summed E-state index contributed by atoms with van der Waals surface area (Å²) in [5, 5.41) is 12.7. The second-order valence-electron chi connectivity index (χ2n) is 4.10. The Bertz CT molecular complexity index is 657. The van der Waals surface area contributed by atoms with Gasteiger partial charge in [-0.05, 0) is 47.1 Å². The molecule has 0 radical (unpaired) electrons. The van der Waals surface area contributed by atoms with Gasteiger partial charge in [-0.2, -0.15) is 0 Å². The minimum atomic E-state index is -1.10. The number of carboxylic acid groups (broad SMARTS) is 1. The first-order valence-electron chi connectivity index (χ1n) is 5.63. The fourth-order valence-corrected chi connectivity index (χ4v) is 2.47. The molecule has 0 saturated heterocycles. The zero-order valence-electron chi connectivity index (χ0n) is 10.3. The average molecular weight is 379 g/mol. The first-order valence-corrected chi connectivity index (χ1v) is 7.18. The molecular weight excluding hydrogens is 369 g/mol. The molecule has 0 saturated carbocycles. The van der Waals surface area contributed by atoms with E-state index in [4.69, 9.17) is 32.7 Å². The molecule has 0 aliphatic heterocycles. The Hall–Kier alpha value is -1.17. The van der Waals surface area contributed by atoms with Crippen LogP contribution in [-0.4, -0.2) is 11.1 Å². The van der Waals surface area contributed by atoms with E-state index in [1.54, 1.807) is 18.2 Å². The summed E-state index contributed by atoms with van der Waals surface area (Å²) in [5.41, 5.74) is 0.639. The highest BCUT2D eigenvalue weighted by molar-refractivity contribution is 9.10. The molecule has 4 nitrogen and oxygen atoms in total. The summed E-state index contributed by atoms with van der Waals surface area (Å²) in [4.78, 5) is 10.8. The molecule has 2 N–H and O–H groups in total. The van der Waals surface area contributed by atoms with Crippen molar-refractivity contribution in [2.45, 2.75) is 13.0 Å². The molecule has 1 aromatic heterocycles. The standard InChI is InChI=1S/C13H10BrCl2NO3/c1-6(9-4-5-10(20-9)13(18)19)17-8-3-2-7(14)11(15)12(8)16/h2-6,17H,1H3,(H,18,19). The highest BCUT2D eigenvalue weighted by Gasteiger charge is 2.16. The number of carboxylic acids is 1. The number of hydrogen-bond donors (Lipinski definition) is 2. The van der Waals surface area contributed by atoms with E-state index in [2.05, 4.69) is 21.2 Å². The van der Waals surface area contributed by atoms with Gasteiger partial charge >= 0.3 is 5.97 Å². The smallest absolute Gasteiger partial charge is 0.371 e. The summed E-state index contributed by atoms with van der Waals surface area (Å²) in [6.07, 6.45) is 0. The molecule has 0 bridgehead atoms. The number of nitrogens with one attached hydrogen (secondary N) is 1. The Morgan fingerprint density at radius 1 is 1.30 bits per heavy atom. The van der Waals surface area contributed by atoms with Crippen LogP contribution in [0.2, 0.25) is 10.0 Å². The van der Waals surface area contributed by atoms with Crippen molar-refractivity contribution in [3.63, 3.8) is 0 Å². The molecule has 0 aliphatic rings. The van der Waals surface area contributed by atoms with Crippen LogP contribution >= 0.6 is 39.1 Å². The molecule has 2 rings (SSSR count). The van der Waals surface area contributed by atoms with E-state index < -0.39 is 5.97 Å². The van der Waals surface area contributed by atoms with Crippen LogP contribution in [0.25, 0.3) is 0 Å². The van der Waals surface area contributed by atoms with Gasteiger partial charge in [-0.3, -0.25) is 0 Å². The van der Waals surface area contributed by atoms with Gasteiger partial charge < -0.3 is 14.8 Å². The van der Waals surface area contributed by atoms with Crippen LogP contribution in [-0.2, 0) is 0 Å². The molecule has 1 atom stereocenters. The van der Waals surface area contributed by atoms with Crippen LogP contribution in [0.1, 0.15) is 29.3 Å². The summed E-state index contributed by atoms with van der Waals surface area (Å²) < 4.78 is 5.93. The Balaban J connectivity index is 2.21.